The van der Waals surface area contributed by atoms with Gasteiger partial charge in [0, 0.05) is 12.7 Å². The molecule has 94 valence electrons. The van der Waals surface area contributed by atoms with Crippen molar-refractivity contribution in [1.82, 2.24) is 10.3 Å². The van der Waals surface area contributed by atoms with Crippen molar-refractivity contribution in [2.75, 3.05) is 17.8 Å². The molecule has 2 rings (SSSR count). The minimum absolute atomic E-state index is 0.306. The lowest BCUT2D eigenvalue weighted by Gasteiger charge is -2.23. The molecule has 1 aromatic heterocycles. The fraction of sp³-hybridized carbons (Fsp3) is 0.500. The van der Waals surface area contributed by atoms with E-state index in [9.17, 15) is 8.42 Å². The molecule has 7 heteroatoms. The van der Waals surface area contributed by atoms with Crippen LogP contribution in [0.3, 0.4) is 0 Å². The van der Waals surface area contributed by atoms with Gasteiger partial charge in [0.05, 0.1) is 10.3 Å². The molecule has 0 bridgehead atoms. The number of aromatic nitrogens is 1. The smallest absolute Gasteiger partial charge is 0.238 e. The van der Waals surface area contributed by atoms with E-state index in [0.717, 1.165) is 13.0 Å². The molecule has 0 saturated carbocycles. The summed E-state index contributed by atoms with van der Waals surface area (Å²) >= 11 is 5.68. The van der Waals surface area contributed by atoms with Crippen LogP contribution in [0.5, 0.6) is 0 Å². The number of pyridine rings is 1. The van der Waals surface area contributed by atoms with Gasteiger partial charge < -0.3 is 5.32 Å². The Balaban J connectivity index is 2.08. The molecule has 1 atom stereocenters. The summed E-state index contributed by atoms with van der Waals surface area (Å²) in [5, 5.41) is 3.16. The highest BCUT2D eigenvalue weighted by atomic mass is 35.5. The zero-order valence-electron chi connectivity index (χ0n) is 9.19. The van der Waals surface area contributed by atoms with Crippen molar-refractivity contribution in [3.63, 3.8) is 0 Å². The number of piperidine rings is 1. The highest BCUT2D eigenvalue weighted by molar-refractivity contribution is 7.93. The van der Waals surface area contributed by atoms with Crippen LogP contribution in [0.4, 0.5) is 5.82 Å². The lowest BCUT2D eigenvalue weighted by Crippen LogP contribution is -2.41. The molecule has 0 amide bonds. The Hall–Kier alpha value is -0.850. The second-order valence-corrected chi connectivity index (χ2v) is 6.37. The summed E-state index contributed by atoms with van der Waals surface area (Å²) in [6.07, 6.45) is 2.97. The van der Waals surface area contributed by atoms with E-state index in [-0.39, 0.29) is 0 Å². The number of anilines is 1. The molecule has 1 aromatic rings. The Kier molecular flexibility index (Phi) is 3.86. The van der Waals surface area contributed by atoms with Crippen LogP contribution in [0.2, 0.25) is 5.02 Å². The lowest BCUT2D eigenvalue weighted by atomic mass is 10.2. The van der Waals surface area contributed by atoms with Crippen molar-refractivity contribution >= 4 is 27.4 Å². The second kappa shape index (κ2) is 5.20. The third kappa shape index (κ3) is 3.31. The Morgan fingerprint density at radius 2 is 2.29 bits per heavy atom. The van der Waals surface area contributed by atoms with Crippen molar-refractivity contribution in [3.8, 4) is 0 Å². The zero-order valence-corrected chi connectivity index (χ0v) is 10.8. The maximum absolute atomic E-state index is 12.0. The summed E-state index contributed by atoms with van der Waals surface area (Å²) in [4.78, 5) is 3.92. The SMILES string of the molecule is O=S(=O)(Nc1ccc(Cl)cn1)C1CCCNC1. The Morgan fingerprint density at radius 1 is 1.47 bits per heavy atom. The van der Waals surface area contributed by atoms with Gasteiger partial charge in [-0.05, 0) is 31.5 Å². The van der Waals surface area contributed by atoms with Gasteiger partial charge in [0.2, 0.25) is 10.0 Å². The van der Waals surface area contributed by atoms with Crippen LogP contribution in [0.15, 0.2) is 18.3 Å². The van der Waals surface area contributed by atoms with Crippen LogP contribution >= 0.6 is 11.6 Å². The van der Waals surface area contributed by atoms with E-state index in [1.54, 1.807) is 12.1 Å². The number of hydrogen-bond donors (Lipinski definition) is 2. The number of sulfonamides is 1. The molecule has 0 radical (unpaired) electrons. The molecule has 1 fully saturated rings. The van der Waals surface area contributed by atoms with E-state index >= 15 is 0 Å². The highest BCUT2D eigenvalue weighted by Crippen LogP contribution is 2.16. The molecular formula is C10H14ClN3O2S. The number of rotatable bonds is 3. The Morgan fingerprint density at radius 3 is 2.88 bits per heavy atom. The van der Waals surface area contributed by atoms with E-state index in [0.29, 0.717) is 23.8 Å². The van der Waals surface area contributed by atoms with Gasteiger partial charge in [-0.2, -0.15) is 0 Å². The summed E-state index contributed by atoms with van der Waals surface area (Å²) in [7, 11) is -3.37. The monoisotopic (exact) mass is 275 g/mol. The van der Waals surface area contributed by atoms with Crippen molar-refractivity contribution in [2.24, 2.45) is 0 Å². The van der Waals surface area contributed by atoms with Crippen LogP contribution < -0.4 is 10.0 Å². The first kappa shape index (κ1) is 12.6. The van der Waals surface area contributed by atoms with Crippen molar-refractivity contribution in [2.45, 2.75) is 18.1 Å². The number of nitrogens with one attached hydrogen (secondary N) is 2. The van der Waals surface area contributed by atoms with Crippen LogP contribution in [0.25, 0.3) is 0 Å². The number of hydrogen-bond acceptors (Lipinski definition) is 4. The first-order valence-corrected chi connectivity index (χ1v) is 7.34. The molecule has 0 aromatic carbocycles. The first-order chi connectivity index (χ1) is 8.08. The van der Waals surface area contributed by atoms with Crippen LogP contribution in [-0.4, -0.2) is 31.7 Å². The molecule has 17 heavy (non-hydrogen) atoms. The van der Waals surface area contributed by atoms with Gasteiger partial charge in [-0.1, -0.05) is 11.6 Å². The fourth-order valence-electron chi connectivity index (χ4n) is 1.75. The van der Waals surface area contributed by atoms with Gasteiger partial charge in [0.1, 0.15) is 5.82 Å². The van der Waals surface area contributed by atoms with Crippen LogP contribution in [-0.2, 0) is 10.0 Å². The Labute approximate surface area is 106 Å². The van der Waals surface area contributed by atoms with Gasteiger partial charge in [-0.3, -0.25) is 4.72 Å². The van der Waals surface area contributed by atoms with Gasteiger partial charge in [-0.25, -0.2) is 13.4 Å². The van der Waals surface area contributed by atoms with Gasteiger partial charge >= 0.3 is 0 Å². The lowest BCUT2D eigenvalue weighted by molar-refractivity contribution is 0.499. The summed E-state index contributed by atoms with van der Waals surface area (Å²) in [6.45, 7) is 1.37. The van der Waals surface area contributed by atoms with Crippen LogP contribution in [0.1, 0.15) is 12.8 Å². The molecule has 0 spiro atoms. The van der Waals surface area contributed by atoms with Crippen molar-refractivity contribution < 1.29 is 8.42 Å². The number of nitrogens with zero attached hydrogens (tertiary/aromatic N) is 1. The molecule has 1 saturated heterocycles. The van der Waals surface area contributed by atoms with E-state index in [1.165, 1.54) is 6.20 Å². The largest absolute Gasteiger partial charge is 0.315 e. The van der Waals surface area contributed by atoms with Crippen molar-refractivity contribution in [1.29, 1.82) is 0 Å². The van der Waals surface area contributed by atoms with E-state index in [2.05, 4.69) is 15.0 Å². The van der Waals surface area contributed by atoms with E-state index < -0.39 is 15.3 Å². The Bertz CT molecular complexity index is 469. The topological polar surface area (TPSA) is 71.1 Å². The fourth-order valence-corrected chi connectivity index (χ4v) is 3.25. The molecule has 2 N–H and O–H groups in total. The first-order valence-electron chi connectivity index (χ1n) is 5.42. The maximum Gasteiger partial charge on any atom is 0.238 e. The maximum atomic E-state index is 12.0. The zero-order chi connectivity index (χ0) is 12.3. The average molecular weight is 276 g/mol. The summed E-state index contributed by atoms with van der Waals surface area (Å²) in [5.41, 5.74) is 0. The number of halogens is 1. The summed E-state index contributed by atoms with van der Waals surface area (Å²) in [5.74, 6) is 0.306. The molecule has 2 heterocycles. The predicted molar refractivity (Wildman–Crippen MR) is 67.7 cm³/mol. The minimum atomic E-state index is -3.37. The van der Waals surface area contributed by atoms with Crippen LogP contribution in [0, 0.1) is 0 Å². The highest BCUT2D eigenvalue weighted by Gasteiger charge is 2.27. The van der Waals surface area contributed by atoms with E-state index in [1.807, 2.05) is 0 Å². The molecule has 1 unspecified atom stereocenters. The van der Waals surface area contributed by atoms with E-state index in [4.69, 9.17) is 11.6 Å². The molecule has 0 aliphatic carbocycles. The molecule has 1 aliphatic rings. The van der Waals surface area contributed by atoms with Gasteiger partial charge in [-0.15, -0.1) is 0 Å². The molecular weight excluding hydrogens is 262 g/mol. The van der Waals surface area contributed by atoms with Crippen molar-refractivity contribution in [3.05, 3.63) is 23.4 Å². The minimum Gasteiger partial charge on any atom is -0.315 e. The third-order valence-corrected chi connectivity index (χ3v) is 4.66. The predicted octanol–water partition coefficient (Wildman–Crippen LogP) is 1.23. The standard InChI is InChI=1S/C10H14ClN3O2S/c11-8-3-4-10(13-6-8)14-17(15,16)9-2-1-5-12-7-9/h3-4,6,9,12H,1-2,5,7H2,(H,13,14). The van der Waals surface area contributed by atoms with Gasteiger partial charge in [0.25, 0.3) is 0 Å². The molecule has 1 aliphatic heterocycles. The molecule has 5 nitrogen and oxygen atoms in total. The third-order valence-electron chi connectivity index (χ3n) is 2.66. The average Bonchev–Trinajstić information content (AvgIpc) is 2.33. The second-order valence-electron chi connectivity index (χ2n) is 3.98. The van der Waals surface area contributed by atoms with Gasteiger partial charge in [0.15, 0.2) is 0 Å². The quantitative estimate of drug-likeness (QED) is 0.870. The normalized spacial score (nSPS) is 21.1. The summed E-state index contributed by atoms with van der Waals surface area (Å²) < 4.78 is 26.5. The summed E-state index contributed by atoms with van der Waals surface area (Å²) in [6, 6.07) is 3.15.